The smallest absolute Gasteiger partial charge is 0.251 e. The van der Waals surface area contributed by atoms with Gasteiger partial charge in [-0.05, 0) is 60.6 Å². The van der Waals surface area contributed by atoms with E-state index in [2.05, 4.69) is 23.8 Å². The number of fused-ring (bicyclic) bond motifs is 2. The van der Waals surface area contributed by atoms with Crippen LogP contribution < -0.4 is 5.73 Å². The summed E-state index contributed by atoms with van der Waals surface area (Å²) in [6.07, 6.45) is 5.34. The van der Waals surface area contributed by atoms with Crippen molar-refractivity contribution in [1.82, 2.24) is 29.4 Å². The van der Waals surface area contributed by atoms with Gasteiger partial charge in [-0.25, -0.2) is 27.2 Å². The number of carbonyl (C=O) groups is 1. The first-order valence-corrected chi connectivity index (χ1v) is 15.7. The van der Waals surface area contributed by atoms with Crippen LogP contribution in [0.15, 0.2) is 48.8 Å². The Hall–Kier alpha value is -4.32. The highest BCUT2D eigenvalue weighted by molar-refractivity contribution is 6.09. The van der Waals surface area contributed by atoms with Crippen molar-refractivity contribution in [2.45, 2.75) is 70.5 Å². The van der Waals surface area contributed by atoms with Crippen molar-refractivity contribution in [3.63, 3.8) is 0 Å². The predicted octanol–water partition coefficient (Wildman–Crippen LogP) is 6.51. The van der Waals surface area contributed by atoms with Crippen LogP contribution in [0.25, 0.3) is 33.1 Å². The first-order valence-electron chi connectivity index (χ1n) is 15.7. The van der Waals surface area contributed by atoms with Gasteiger partial charge in [0.1, 0.15) is 0 Å². The summed E-state index contributed by atoms with van der Waals surface area (Å²) in [6.45, 7) is 5.78. The van der Waals surface area contributed by atoms with Crippen molar-refractivity contribution in [2.75, 3.05) is 13.1 Å². The molecule has 8 nitrogen and oxygen atoms in total. The lowest BCUT2D eigenvalue weighted by Crippen LogP contribution is -2.53. The molecule has 0 unspecified atom stereocenters. The molecule has 5 aromatic rings. The van der Waals surface area contributed by atoms with Crippen LogP contribution in [-0.4, -0.2) is 60.4 Å². The fraction of sp³-hybridized carbons (Fsp3) is 0.412. The van der Waals surface area contributed by atoms with Gasteiger partial charge >= 0.3 is 0 Å². The molecule has 46 heavy (non-hydrogen) atoms. The van der Waals surface area contributed by atoms with Gasteiger partial charge in [0.2, 0.25) is 0 Å². The fourth-order valence-electron chi connectivity index (χ4n) is 7.04. The number of nitrogens with zero attached hydrogens (tertiary/aromatic N) is 6. The van der Waals surface area contributed by atoms with Gasteiger partial charge in [0.25, 0.3) is 11.8 Å². The van der Waals surface area contributed by atoms with Gasteiger partial charge in [0, 0.05) is 48.3 Å². The van der Waals surface area contributed by atoms with E-state index in [4.69, 9.17) is 15.8 Å². The number of carbonyl (C=O) groups excluding carboxylic acids is 1. The molecular weight excluding hydrogens is 598 g/mol. The number of aromatic nitrogens is 5. The van der Waals surface area contributed by atoms with Gasteiger partial charge in [0.05, 0.1) is 41.8 Å². The van der Waals surface area contributed by atoms with Crippen molar-refractivity contribution in [3.05, 3.63) is 77.2 Å². The van der Waals surface area contributed by atoms with E-state index < -0.39 is 23.5 Å². The van der Waals surface area contributed by atoms with Crippen molar-refractivity contribution >= 4 is 27.8 Å². The summed E-state index contributed by atoms with van der Waals surface area (Å²) in [5.74, 6) is -4.74. The van der Waals surface area contributed by atoms with Crippen molar-refractivity contribution in [3.8, 4) is 11.1 Å². The summed E-state index contributed by atoms with van der Waals surface area (Å²) in [4.78, 5) is 20.2. The van der Waals surface area contributed by atoms with Crippen LogP contribution in [0, 0.1) is 17.6 Å². The largest absolute Gasteiger partial charge is 0.366 e. The minimum atomic E-state index is -2.55. The highest BCUT2D eigenvalue weighted by Crippen LogP contribution is 2.42. The van der Waals surface area contributed by atoms with Crippen LogP contribution in [0.2, 0.25) is 0 Å². The minimum Gasteiger partial charge on any atom is -0.366 e. The van der Waals surface area contributed by atoms with Crippen molar-refractivity contribution in [2.24, 2.45) is 11.7 Å². The molecule has 2 fully saturated rings. The number of benzene rings is 2. The van der Waals surface area contributed by atoms with E-state index in [1.54, 1.807) is 17.1 Å². The normalized spacial score (nSPS) is 17.7. The van der Waals surface area contributed by atoms with Gasteiger partial charge in [-0.1, -0.05) is 26.0 Å². The topological polar surface area (TPSA) is 94.9 Å². The number of halogens is 4. The quantitative estimate of drug-likeness (QED) is 0.197. The molecule has 2 N–H and O–H groups in total. The monoisotopic (exact) mass is 633 g/mol. The van der Waals surface area contributed by atoms with Crippen LogP contribution >= 0.6 is 0 Å². The average Bonchev–Trinajstić information content (AvgIpc) is 3.60. The second-order valence-electron chi connectivity index (χ2n) is 13.1. The Morgan fingerprint density at radius 3 is 2.43 bits per heavy atom. The number of hydrogen-bond donors (Lipinski definition) is 1. The number of piperidine rings is 1. The lowest BCUT2D eigenvalue weighted by molar-refractivity contribution is -0.128. The molecule has 3 aromatic heterocycles. The van der Waals surface area contributed by atoms with Crippen LogP contribution in [0.3, 0.4) is 0 Å². The molecule has 0 bridgehead atoms. The van der Waals surface area contributed by atoms with Gasteiger partial charge < -0.3 is 5.73 Å². The SMILES string of the molecule is CC(C)Cc1nc2c(cnn2C2CCN(C3CC(F)(F)C3)CC2)c(-c2ccc3c(cnn3Cc3ccc(F)c(F)c3)c2)c1C(N)=O. The van der Waals surface area contributed by atoms with E-state index in [-0.39, 0.29) is 37.4 Å². The van der Waals surface area contributed by atoms with Gasteiger partial charge in [0.15, 0.2) is 17.3 Å². The number of primary amides is 1. The minimum absolute atomic E-state index is 0.0398. The molecule has 12 heteroatoms. The Morgan fingerprint density at radius 1 is 1.00 bits per heavy atom. The molecule has 0 radical (unpaired) electrons. The summed E-state index contributed by atoms with van der Waals surface area (Å²) < 4.78 is 57.9. The summed E-state index contributed by atoms with van der Waals surface area (Å²) in [6, 6.07) is 9.48. The lowest BCUT2D eigenvalue weighted by Gasteiger charge is -2.45. The molecule has 1 amide bonds. The highest BCUT2D eigenvalue weighted by atomic mass is 19.3. The third-order valence-electron chi connectivity index (χ3n) is 9.34. The molecule has 1 aliphatic carbocycles. The van der Waals surface area contributed by atoms with E-state index in [9.17, 15) is 22.4 Å². The summed E-state index contributed by atoms with van der Waals surface area (Å²) >= 11 is 0. The molecule has 0 spiro atoms. The molecule has 7 rings (SSSR count). The van der Waals surface area contributed by atoms with Crippen LogP contribution in [0.1, 0.15) is 67.2 Å². The van der Waals surface area contributed by atoms with Crippen LogP contribution in [0.5, 0.6) is 0 Å². The van der Waals surface area contributed by atoms with E-state index in [0.29, 0.717) is 52.9 Å². The molecule has 4 heterocycles. The highest BCUT2D eigenvalue weighted by Gasteiger charge is 2.48. The summed E-state index contributed by atoms with van der Waals surface area (Å²) in [5.41, 5.74) is 10.4. The second kappa shape index (κ2) is 11.5. The Labute approximate surface area is 263 Å². The van der Waals surface area contributed by atoms with E-state index in [1.165, 1.54) is 6.07 Å². The molecular formula is C34H35F4N7O. The first kappa shape index (κ1) is 30.3. The second-order valence-corrected chi connectivity index (χ2v) is 13.1. The average molecular weight is 634 g/mol. The number of pyridine rings is 1. The zero-order chi connectivity index (χ0) is 32.3. The summed E-state index contributed by atoms with van der Waals surface area (Å²) in [5, 5.41) is 10.8. The standard InChI is InChI=1S/C34H35F4N7O/c1-19(2)11-28-31(32(39)46)30(21-4-6-29-22(13-21)16-40-44(29)18-20-3-5-26(35)27(36)12-20)25-17-41-45(33(25)42-28)23-7-9-43(10-8-23)24-14-34(37,38)15-24/h3-6,12-13,16-17,19,23-24H,7-11,14-15,18H2,1-2H3,(H2,39,46). The van der Waals surface area contributed by atoms with Crippen LogP contribution in [0.4, 0.5) is 17.6 Å². The number of nitrogens with two attached hydrogens (primary N) is 1. The maximum absolute atomic E-state index is 13.8. The number of likely N-dealkylation sites (tertiary alicyclic amines) is 1. The Bertz CT molecular complexity index is 1950. The molecule has 2 aliphatic rings. The predicted molar refractivity (Wildman–Crippen MR) is 167 cm³/mol. The maximum atomic E-state index is 13.8. The third-order valence-corrected chi connectivity index (χ3v) is 9.34. The zero-order valence-electron chi connectivity index (χ0n) is 25.7. The molecule has 2 aromatic carbocycles. The molecule has 240 valence electrons. The lowest BCUT2D eigenvalue weighted by atomic mass is 9.85. The third kappa shape index (κ3) is 5.52. The Morgan fingerprint density at radius 2 is 1.76 bits per heavy atom. The first-order chi connectivity index (χ1) is 22.0. The Balaban J connectivity index is 1.26. The van der Waals surface area contributed by atoms with Gasteiger partial charge in [-0.3, -0.25) is 14.4 Å². The van der Waals surface area contributed by atoms with E-state index in [0.717, 1.165) is 41.4 Å². The zero-order valence-corrected chi connectivity index (χ0v) is 25.7. The molecule has 1 saturated heterocycles. The maximum Gasteiger partial charge on any atom is 0.251 e. The Kier molecular flexibility index (Phi) is 7.57. The van der Waals surface area contributed by atoms with Crippen molar-refractivity contribution in [1.29, 1.82) is 0 Å². The van der Waals surface area contributed by atoms with E-state index >= 15 is 0 Å². The number of hydrogen-bond acceptors (Lipinski definition) is 5. The molecule has 1 saturated carbocycles. The van der Waals surface area contributed by atoms with E-state index in [1.807, 2.05) is 22.9 Å². The van der Waals surface area contributed by atoms with Gasteiger partial charge in [-0.2, -0.15) is 10.2 Å². The summed E-state index contributed by atoms with van der Waals surface area (Å²) in [7, 11) is 0. The number of amides is 1. The van der Waals surface area contributed by atoms with Crippen LogP contribution in [-0.2, 0) is 13.0 Å². The van der Waals surface area contributed by atoms with Gasteiger partial charge in [-0.15, -0.1) is 0 Å². The molecule has 0 atom stereocenters. The molecule has 1 aliphatic heterocycles. The van der Waals surface area contributed by atoms with Crippen molar-refractivity contribution < 1.29 is 22.4 Å². The number of rotatable bonds is 8. The fourth-order valence-corrected chi connectivity index (χ4v) is 7.04. The number of alkyl halides is 2.